The second-order valence-electron chi connectivity index (χ2n) is 4.48. The SMILES string of the molecule is O=C(Nc1ccc(OCCO)cc1)c1ccc(C(F)(F)F)nc1. The first-order chi connectivity index (χ1) is 10.9. The Morgan fingerprint density at radius 3 is 2.39 bits per heavy atom. The summed E-state index contributed by atoms with van der Waals surface area (Å²) >= 11 is 0. The number of pyridine rings is 1. The van der Waals surface area contributed by atoms with Crippen molar-refractivity contribution in [3.63, 3.8) is 0 Å². The van der Waals surface area contributed by atoms with E-state index >= 15 is 0 Å². The fourth-order valence-electron chi connectivity index (χ4n) is 1.70. The number of hydrogen-bond acceptors (Lipinski definition) is 4. The van der Waals surface area contributed by atoms with Gasteiger partial charge < -0.3 is 15.2 Å². The van der Waals surface area contributed by atoms with Crippen LogP contribution in [0, 0.1) is 0 Å². The molecule has 0 aliphatic carbocycles. The number of benzene rings is 1. The van der Waals surface area contributed by atoms with Gasteiger partial charge in [0.2, 0.25) is 0 Å². The number of halogens is 3. The largest absolute Gasteiger partial charge is 0.491 e. The monoisotopic (exact) mass is 326 g/mol. The van der Waals surface area contributed by atoms with Gasteiger partial charge in [-0.3, -0.25) is 9.78 Å². The van der Waals surface area contributed by atoms with Crippen LogP contribution in [0.2, 0.25) is 0 Å². The molecule has 1 aromatic carbocycles. The standard InChI is InChI=1S/C15H13F3N2O3/c16-15(17,18)13-6-1-10(9-19-13)14(22)20-11-2-4-12(5-3-11)23-8-7-21/h1-6,9,21H,7-8H2,(H,20,22). The second-order valence-corrected chi connectivity index (χ2v) is 4.48. The van der Waals surface area contributed by atoms with Crippen LogP contribution in [0.3, 0.4) is 0 Å². The Morgan fingerprint density at radius 2 is 1.87 bits per heavy atom. The molecule has 1 amide bonds. The van der Waals surface area contributed by atoms with E-state index in [-0.39, 0.29) is 18.8 Å². The number of aliphatic hydroxyl groups is 1. The highest BCUT2D eigenvalue weighted by molar-refractivity contribution is 6.04. The molecule has 0 saturated carbocycles. The predicted octanol–water partition coefficient (Wildman–Crippen LogP) is 2.72. The lowest BCUT2D eigenvalue weighted by molar-refractivity contribution is -0.141. The highest BCUT2D eigenvalue weighted by atomic mass is 19.4. The number of aliphatic hydroxyl groups excluding tert-OH is 1. The molecule has 2 N–H and O–H groups in total. The van der Waals surface area contributed by atoms with E-state index in [1.54, 1.807) is 24.3 Å². The fraction of sp³-hybridized carbons (Fsp3) is 0.200. The summed E-state index contributed by atoms with van der Waals surface area (Å²) in [4.78, 5) is 15.2. The summed E-state index contributed by atoms with van der Waals surface area (Å²) in [5.41, 5.74) is -0.593. The molecule has 2 rings (SSSR count). The van der Waals surface area contributed by atoms with E-state index < -0.39 is 17.8 Å². The van der Waals surface area contributed by atoms with E-state index in [0.29, 0.717) is 11.4 Å². The van der Waals surface area contributed by atoms with Gasteiger partial charge in [-0.15, -0.1) is 0 Å². The lowest BCUT2D eigenvalue weighted by Crippen LogP contribution is -2.14. The van der Waals surface area contributed by atoms with E-state index in [4.69, 9.17) is 9.84 Å². The second kappa shape index (κ2) is 7.10. The topological polar surface area (TPSA) is 71.5 Å². The number of anilines is 1. The minimum absolute atomic E-state index is 0.0126. The average Bonchev–Trinajstić information content (AvgIpc) is 2.53. The Labute approximate surface area is 129 Å². The van der Waals surface area contributed by atoms with Crippen LogP contribution in [0.15, 0.2) is 42.6 Å². The number of ether oxygens (including phenoxy) is 1. The van der Waals surface area contributed by atoms with Crippen molar-refractivity contribution in [1.82, 2.24) is 4.98 Å². The summed E-state index contributed by atoms with van der Waals surface area (Å²) in [5.74, 6) is -0.0523. The summed E-state index contributed by atoms with van der Waals surface area (Å²) in [7, 11) is 0. The zero-order valence-electron chi connectivity index (χ0n) is 11.8. The fourth-order valence-corrected chi connectivity index (χ4v) is 1.70. The van der Waals surface area contributed by atoms with Crippen LogP contribution >= 0.6 is 0 Å². The predicted molar refractivity (Wildman–Crippen MR) is 76.2 cm³/mol. The molecule has 8 heteroatoms. The summed E-state index contributed by atoms with van der Waals surface area (Å²) in [6, 6.07) is 8.14. The van der Waals surface area contributed by atoms with Crippen molar-refractivity contribution in [3.05, 3.63) is 53.9 Å². The van der Waals surface area contributed by atoms with Crippen LogP contribution in [0.4, 0.5) is 18.9 Å². The molecule has 0 atom stereocenters. The third-order valence-corrected chi connectivity index (χ3v) is 2.79. The third-order valence-electron chi connectivity index (χ3n) is 2.79. The molecular weight excluding hydrogens is 313 g/mol. The van der Waals surface area contributed by atoms with Crippen molar-refractivity contribution in [2.75, 3.05) is 18.5 Å². The van der Waals surface area contributed by atoms with E-state index in [1.165, 1.54) is 0 Å². The van der Waals surface area contributed by atoms with E-state index in [0.717, 1.165) is 18.3 Å². The molecule has 0 aliphatic heterocycles. The molecule has 0 fully saturated rings. The summed E-state index contributed by atoms with van der Waals surface area (Å²) in [6.07, 6.45) is -3.67. The smallest absolute Gasteiger partial charge is 0.433 e. The molecule has 0 radical (unpaired) electrons. The molecule has 0 saturated heterocycles. The lowest BCUT2D eigenvalue weighted by Gasteiger charge is -2.08. The minimum atomic E-state index is -4.54. The molecule has 1 heterocycles. The van der Waals surface area contributed by atoms with Crippen molar-refractivity contribution < 1.29 is 27.8 Å². The Morgan fingerprint density at radius 1 is 1.17 bits per heavy atom. The number of nitrogens with zero attached hydrogens (tertiary/aromatic N) is 1. The average molecular weight is 326 g/mol. The van der Waals surface area contributed by atoms with Crippen molar-refractivity contribution >= 4 is 11.6 Å². The Kier molecular flexibility index (Phi) is 5.17. The maximum atomic E-state index is 12.4. The molecule has 23 heavy (non-hydrogen) atoms. The van der Waals surface area contributed by atoms with Crippen LogP contribution in [0.5, 0.6) is 5.75 Å². The number of aromatic nitrogens is 1. The molecule has 0 unspecified atom stereocenters. The molecule has 122 valence electrons. The molecule has 5 nitrogen and oxygen atoms in total. The Hall–Kier alpha value is -2.61. The van der Waals surface area contributed by atoms with E-state index in [2.05, 4.69) is 10.3 Å². The molecule has 1 aromatic heterocycles. The van der Waals surface area contributed by atoms with Gasteiger partial charge in [0.05, 0.1) is 12.2 Å². The highest BCUT2D eigenvalue weighted by Gasteiger charge is 2.32. The summed E-state index contributed by atoms with van der Waals surface area (Å²) in [5, 5.41) is 11.2. The number of amides is 1. The zero-order chi connectivity index (χ0) is 16.9. The van der Waals surface area contributed by atoms with Crippen molar-refractivity contribution in [2.24, 2.45) is 0 Å². The Bertz CT molecular complexity index is 655. The van der Waals surface area contributed by atoms with Gasteiger partial charge in [-0.05, 0) is 36.4 Å². The van der Waals surface area contributed by atoms with Crippen LogP contribution in [-0.2, 0) is 6.18 Å². The summed E-state index contributed by atoms with van der Waals surface area (Å²) in [6.45, 7) is 0.0440. The van der Waals surface area contributed by atoms with Crippen LogP contribution in [0.1, 0.15) is 16.1 Å². The van der Waals surface area contributed by atoms with Gasteiger partial charge in [0, 0.05) is 11.9 Å². The molecule has 0 spiro atoms. The molecular formula is C15H13F3N2O3. The first kappa shape index (κ1) is 16.8. The quantitative estimate of drug-likeness (QED) is 0.886. The number of rotatable bonds is 5. The van der Waals surface area contributed by atoms with E-state index in [1.807, 2.05) is 0 Å². The Balaban J connectivity index is 2.01. The van der Waals surface area contributed by atoms with Crippen molar-refractivity contribution in [2.45, 2.75) is 6.18 Å². The van der Waals surface area contributed by atoms with Gasteiger partial charge >= 0.3 is 6.18 Å². The van der Waals surface area contributed by atoms with Crippen LogP contribution < -0.4 is 10.1 Å². The van der Waals surface area contributed by atoms with Gasteiger partial charge in [0.25, 0.3) is 5.91 Å². The number of nitrogens with one attached hydrogen (secondary N) is 1. The first-order valence-corrected chi connectivity index (χ1v) is 6.58. The molecule has 2 aromatic rings. The number of carbonyl (C=O) groups is 1. The molecule has 0 bridgehead atoms. The number of alkyl halides is 3. The third kappa shape index (κ3) is 4.68. The lowest BCUT2D eigenvalue weighted by atomic mass is 10.2. The van der Waals surface area contributed by atoms with Crippen molar-refractivity contribution in [3.8, 4) is 5.75 Å². The zero-order valence-corrected chi connectivity index (χ0v) is 11.8. The van der Waals surface area contributed by atoms with Crippen LogP contribution in [-0.4, -0.2) is 29.2 Å². The summed E-state index contributed by atoms with van der Waals surface area (Å²) < 4.78 is 42.4. The normalized spacial score (nSPS) is 11.1. The number of carbonyl (C=O) groups excluding carboxylic acids is 1. The van der Waals surface area contributed by atoms with Gasteiger partial charge in [0.15, 0.2) is 0 Å². The van der Waals surface area contributed by atoms with Crippen LogP contribution in [0.25, 0.3) is 0 Å². The number of hydrogen-bond donors (Lipinski definition) is 2. The minimum Gasteiger partial charge on any atom is -0.491 e. The van der Waals surface area contributed by atoms with E-state index in [9.17, 15) is 18.0 Å². The van der Waals surface area contributed by atoms with Gasteiger partial charge in [0.1, 0.15) is 18.1 Å². The van der Waals surface area contributed by atoms with Gasteiger partial charge in [-0.2, -0.15) is 13.2 Å². The maximum absolute atomic E-state index is 12.4. The van der Waals surface area contributed by atoms with Gasteiger partial charge in [-0.25, -0.2) is 0 Å². The molecule has 0 aliphatic rings. The van der Waals surface area contributed by atoms with Gasteiger partial charge in [-0.1, -0.05) is 0 Å². The highest BCUT2D eigenvalue weighted by Crippen LogP contribution is 2.27. The first-order valence-electron chi connectivity index (χ1n) is 6.58. The van der Waals surface area contributed by atoms with Crippen molar-refractivity contribution in [1.29, 1.82) is 0 Å². The maximum Gasteiger partial charge on any atom is 0.433 e.